The van der Waals surface area contributed by atoms with Gasteiger partial charge in [-0.2, -0.15) is 0 Å². The maximum absolute atomic E-state index is 13.2. The summed E-state index contributed by atoms with van der Waals surface area (Å²) in [5, 5.41) is 10.4. The first kappa shape index (κ1) is 21.7. The number of fused-ring (bicyclic) bond motifs is 1. The summed E-state index contributed by atoms with van der Waals surface area (Å²) in [4.78, 5) is 22.6. The van der Waals surface area contributed by atoms with Crippen LogP contribution in [0.25, 0.3) is 11.3 Å². The van der Waals surface area contributed by atoms with Gasteiger partial charge in [-0.3, -0.25) is 4.79 Å². The number of aliphatic hydroxyl groups is 1. The first-order valence-electron chi connectivity index (χ1n) is 9.22. The fraction of sp³-hybridized carbons (Fsp3) is 0.190. The van der Waals surface area contributed by atoms with Gasteiger partial charge in [0.25, 0.3) is 5.91 Å². The number of hydrogen-bond acceptors (Lipinski definition) is 6. The summed E-state index contributed by atoms with van der Waals surface area (Å²) in [6.07, 6.45) is 2.40. The minimum Gasteiger partial charge on any atom is -0.394 e. The molecule has 1 aliphatic heterocycles. The van der Waals surface area contributed by atoms with Crippen molar-refractivity contribution in [3.05, 3.63) is 75.4 Å². The zero-order valence-corrected chi connectivity index (χ0v) is 18.6. The first-order valence-corrected chi connectivity index (χ1v) is 11.9. The second kappa shape index (κ2) is 8.20. The molecule has 0 saturated carbocycles. The predicted molar refractivity (Wildman–Crippen MR) is 117 cm³/mol. The van der Waals surface area contributed by atoms with Gasteiger partial charge in [-0.1, -0.05) is 41.4 Å². The maximum atomic E-state index is 13.2. The lowest BCUT2D eigenvalue weighted by Gasteiger charge is -2.26. The highest BCUT2D eigenvalue weighted by Crippen LogP contribution is 2.35. The standard InChI is InChI=1S/C21H17Cl2N3O4S/c1-31(29,30)21-24-7-6-18(25-21)12-2-3-14-10-26(20(28)15(14)8-12)19(11-27)13-4-5-16(22)17(23)9-13/h2-9,19,27H,10-11H2,1H3. The van der Waals surface area contributed by atoms with Crippen LogP contribution in [0.5, 0.6) is 0 Å². The monoisotopic (exact) mass is 477 g/mol. The second-order valence-corrected chi connectivity index (χ2v) is 9.90. The van der Waals surface area contributed by atoms with Gasteiger partial charge in [0.15, 0.2) is 0 Å². The van der Waals surface area contributed by atoms with Crippen LogP contribution in [0, 0.1) is 0 Å². The van der Waals surface area contributed by atoms with E-state index >= 15 is 0 Å². The van der Waals surface area contributed by atoms with Crippen LogP contribution in [0.15, 0.2) is 53.8 Å². The number of carbonyl (C=O) groups excluding carboxylic acids is 1. The lowest BCUT2D eigenvalue weighted by atomic mass is 10.0. The highest BCUT2D eigenvalue weighted by Gasteiger charge is 2.33. The number of benzene rings is 2. The average Bonchev–Trinajstić information content (AvgIpc) is 3.06. The Balaban J connectivity index is 1.68. The van der Waals surface area contributed by atoms with E-state index in [1.54, 1.807) is 47.4 Å². The highest BCUT2D eigenvalue weighted by molar-refractivity contribution is 7.90. The summed E-state index contributed by atoms with van der Waals surface area (Å²) >= 11 is 12.1. The molecule has 1 unspecified atom stereocenters. The van der Waals surface area contributed by atoms with Crippen molar-refractivity contribution in [1.82, 2.24) is 14.9 Å². The number of hydrogen-bond donors (Lipinski definition) is 1. The van der Waals surface area contributed by atoms with Crippen LogP contribution in [0.4, 0.5) is 0 Å². The van der Waals surface area contributed by atoms with E-state index in [2.05, 4.69) is 9.97 Å². The highest BCUT2D eigenvalue weighted by atomic mass is 35.5. The van der Waals surface area contributed by atoms with E-state index in [0.29, 0.717) is 39.0 Å². The van der Waals surface area contributed by atoms with Crippen molar-refractivity contribution >= 4 is 38.9 Å². The van der Waals surface area contributed by atoms with Gasteiger partial charge < -0.3 is 10.0 Å². The van der Waals surface area contributed by atoms with E-state index < -0.39 is 15.9 Å². The molecule has 0 bridgehead atoms. The number of aromatic nitrogens is 2. The number of amides is 1. The number of halogens is 2. The van der Waals surface area contributed by atoms with Gasteiger partial charge in [-0.05, 0) is 35.4 Å². The third kappa shape index (κ3) is 4.16. The lowest BCUT2D eigenvalue weighted by Crippen LogP contribution is -2.31. The Morgan fingerprint density at radius 2 is 1.90 bits per heavy atom. The summed E-state index contributed by atoms with van der Waals surface area (Å²) in [5.41, 5.74) is 2.93. The van der Waals surface area contributed by atoms with Crippen molar-refractivity contribution in [1.29, 1.82) is 0 Å². The Labute approximate surface area is 189 Å². The van der Waals surface area contributed by atoms with Gasteiger partial charge in [-0.15, -0.1) is 0 Å². The van der Waals surface area contributed by atoms with Crippen molar-refractivity contribution in [2.24, 2.45) is 0 Å². The van der Waals surface area contributed by atoms with E-state index in [0.717, 1.165) is 11.8 Å². The van der Waals surface area contributed by atoms with Gasteiger partial charge in [0.05, 0.1) is 28.4 Å². The molecule has 31 heavy (non-hydrogen) atoms. The van der Waals surface area contributed by atoms with E-state index in [1.807, 2.05) is 0 Å². The average molecular weight is 478 g/mol. The molecule has 1 aromatic heterocycles. The van der Waals surface area contributed by atoms with Crippen LogP contribution < -0.4 is 0 Å². The number of nitrogens with zero attached hydrogens (tertiary/aromatic N) is 3. The molecule has 7 nitrogen and oxygen atoms in total. The zero-order chi connectivity index (χ0) is 22.3. The molecule has 1 atom stereocenters. The van der Waals surface area contributed by atoms with Gasteiger partial charge in [0.1, 0.15) is 0 Å². The van der Waals surface area contributed by atoms with Crippen LogP contribution in [0.1, 0.15) is 27.5 Å². The molecule has 4 rings (SSSR count). The molecule has 2 aromatic carbocycles. The fourth-order valence-corrected chi connectivity index (χ4v) is 4.34. The van der Waals surface area contributed by atoms with Crippen molar-refractivity contribution in [2.75, 3.05) is 12.9 Å². The van der Waals surface area contributed by atoms with Crippen LogP contribution in [0.2, 0.25) is 10.0 Å². The predicted octanol–water partition coefficient (Wildman–Crippen LogP) is 3.54. The molecule has 1 amide bonds. The Bertz CT molecular complexity index is 1300. The molecule has 2 heterocycles. The second-order valence-electron chi connectivity index (χ2n) is 7.17. The Morgan fingerprint density at radius 3 is 2.58 bits per heavy atom. The molecule has 10 heteroatoms. The Hall–Kier alpha value is -2.52. The van der Waals surface area contributed by atoms with Crippen LogP contribution in [-0.2, 0) is 16.4 Å². The molecule has 0 fully saturated rings. The largest absolute Gasteiger partial charge is 0.394 e. The first-order chi connectivity index (χ1) is 14.7. The van der Waals surface area contributed by atoms with Crippen molar-refractivity contribution < 1.29 is 18.3 Å². The molecule has 0 saturated heterocycles. The lowest BCUT2D eigenvalue weighted by molar-refractivity contribution is 0.0615. The van der Waals surface area contributed by atoms with Crippen LogP contribution in [-0.4, -0.2) is 47.2 Å². The molecule has 160 valence electrons. The van der Waals surface area contributed by atoms with Gasteiger partial charge in [-0.25, -0.2) is 18.4 Å². The molecular weight excluding hydrogens is 461 g/mol. The molecule has 0 radical (unpaired) electrons. The molecule has 0 spiro atoms. The van der Waals surface area contributed by atoms with E-state index in [-0.39, 0.29) is 17.7 Å². The summed E-state index contributed by atoms with van der Waals surface area (Å²) in [5.74, 6) is -0.251. The van der Waals surface area contributed by atoms with Gasteiger partial charge in [0, 0.05) is 30.1 Å². The molecule has 1 aliphatic rings. The minimum absolute atomic E-state index is 0.251. The number of aliphatic hydroxyl groups excluding tert-OH is 1. The topological polar surface area (TPSA) is 100 Å². The smallest absolute Gasteiger partial charge is 0.255 e. The third-order valence-corrected chi connectivity index (χ3v) is 6.68. The minimum atomic E-state index is -3.56. The molecular formula is C21H17Cl2N3O4S. The summed E-state index contributed by atoms with van der Waals surface area (Å²) in [6.45, 7) is 0.0342. The maximum Gasteiger partial charge on any atom is 0.255 e. The summed E-state index contributed by atoms with van der Waals surface area (Å²) in [6, 6.07) is 11.2. The van der Waals surface area contributed by atoms with Crippen molar-refractivity contribution in [2.45, 2.75) is 17.7 Å². The Morgan fingerprint density at radius 1 is 1.13 bits per heavy atom. The van der Waals surface area contributed by atoms with Gasteiger partial charge >= 0.3 is 0 Å². The Kier molecular flexibility index (Phi) is 5.74. The van der Waals surface area contributed by atoms with E-state index in [1.165, 1.54) is 6.20 Å². The number of carbonyl (C=O) groups is 1. The van der Waals surface area contributed by atoms with E-state index in [9.17, 15) is 18.3 Å². The SMILES string of the molecule is CS(=O)(=O)c1nccc(-c2ccc3c(c2)C(=O)N(C(CO)c2ccc(Cl)c(Cl)c2)C3)n1. The number of rotatable bonds is 5. The molecule has 3 aromatic rings. The number of sulfone groups is 1. The van der Waals surface area contributed by atoms with Gasteiger partial charge in [0.2, 0.25) is 15.0 Å². The summed E-state index contributed by atoms with van der Waals surface area (Å²) in [7, 11) is -3.56. The van der Waals surface area contributed by atoms with E-state index in [4.69, 9.17) is 23.2 Å². The fourth-order valence-electron chi connectivity index (χ4n) is 3.52. The van der Waals surface area contributed by atoms with Crippen LogP contribution in [0.3, 0.4) is 0 Å². The normalized spacial score (nSPS) is 14.6. The van der Waals surface area contributed by atoms with Crippen LogP contribution >= 0.6 is 23.2 Å². The van der Waals surface area contributed by atoms with Crippen molar-refractivity contribution in [3.63, 3.8) is 0 Å². The van der Waals surface area contributed by atoms with Crippen molar-refractivity contribution in [3.8, 4) is 11.3 Å². The quantitative estimate of drug-likeness (QED) is 0.563. The molecule has 0 aliphatic carbocycles. The molecule has 1 N–H and O–H groups in total. The zero-order valence-electron chi connectivity index (χ0n) is 16.3. The summed E-state index contributed by atoms with van der Waals surface area (Å²) < 4.78 is 23.5. The third-order valence-electron chi connectivity index (χ3n) is 5.08.